The van der Waals surface area contributed by atoms with Crippen molar-refractivity contribution in [3.8, 4) is 17.3 Å². The predicted molar refractivity (Wildman–Crippen MR) is 160 cm³/mol. The molecule has 2 saturated heterocycles. The number of hydrogen-bond donors (Lipinski definition) is 1. The zero-order chi connectivity index (χ0) is 28.5. The summed E-state index contributed by atoms with van der Waals surface area (Å²) in [6, 6.07) is 14.2. The zero-order valence-corrected chi connectivity index (χ0v) is 23.3. The SMILES string of the molecule is Fc1c(-c2cccc3cccc(F)c23)ncc2c(NCCCc3cccnc3)nc(OCC34CCCN3CCC4)nc12. The number of hydrogen-bond acceptors (Lipinski definition) is 7. The summed E-state index contributed by atoms with van der Waals surface area (Å²) in [7, 11) is 0. The van der Waals surface area contributed by atoms with Crippen LogP contribution in [0.4, 0.5) is 14.6 Å². The molecule has 2 fully saturated rings. The Bertz CT molecular complexity index is 1730. The molecular formula is C33H32F2N6O. The Hall–Kier alpha value is -4.24. The van der Waals surface area contributed by atoms with Gasteiger partial charge in [-0.05, 0) is 74.7 Å². The van der Waals surface area contributed by atoms with E-state index in [2.05, 4.69) is 30.2 Å². The van der Waals surface area contributed by atoms with Gasteiger partial charge in [0, 0.05) is 36.1 Å². The lowest BCUT2D eigenvalue weighted by molar-refractivity contribution is 0.108. The first kappa shape index (κ1) is 26.6. The van der Waals surface area contributed by atoms with Crippen LogP contribution < -0.4 is 10.1 Å². The third-order valence-corrected chi connectivity index (χ3v) is 8.71. The second-order valence-electron chi connectivity index (χ2n) is 11.3. The van der Waals surface area contributed by atoms with Crippen molar-refractivity contribution < 1.29 is 13.5 Å². The summed E-state index contributed by atoms with van der Waals surface area (Å²) < 4.78 is 37.6. The maximum atomic E-state index is 16.4. The van der Waals surface area contributed by atoms with E-state index in [4.69, 9.17) is 4.74 Å². The normalized spacial score (nSPS) is 16.2. The molecule has 214 valence electrons. The van der Waals surface area contributed by atoms with Gasteiger partial charge in [-0.2, -0.15) is 9.97 Å². The number of fused-ring (bicyclic) bond motifs is 3. The molecule has 9 heteroatoms. The summed E-state index contributed by atoms with van der Waals surface area (Å²) in [5, 5.41) is 4.82. The molecule has 2 aliphatic heterocycles. The Morgan fingerprint density at radius 3 is 2.60 bits per heavy atom. The Morgan fingerprint density at radius 2 is 1.79 bits per heavy atom. The highest BCUT2D eigenvalue weighted by atomic mass is 19.1. The lowest BCUT2D eigenvalue weighted by Gasteiger charge is -2.31. The van der Waals surface area contributed by atoms with E-state index in [9.17, 15) is 4.39 Å². The molecule has 0 saturated carbocycles. The van der Waals surface area contributed by atoms with E-state index in [0.717, 1.165) is 57.2 Å². The monoisotopic (exact) mass is 566 g/mol. The third-order valence-electron chi connectivity index (χ3n) is 8.71. The van der Waals surface area contributed by atoms with Crippen molar-refractivity contribution in [2.45, 2.75) is 44.1 Å². The van der Waals surface area contributed by atoms with Crippen LogP contribution in [-0.2, 0) is 6.42 Å². The smallest absolute Gasteiger partial charge is 0.319 e. The number of nitrogens with one attached hydrogen (secondary N) is 1. The van der Waals surface area contributed by atoms with E-state index in [1.807, 2.05) is 18.3 Å². The van der Waals surface area contributed by atoms with Crippen LogP contribution in [-0.4, -0.2) is 56.6 Å². The molecule has 0 bridgehead atoms. The maximum absolute atomic E-state index is 16.4. The van der Waals surface area contributed by atoms with Crippen molar-refractivity contribution in [2.75, 3.05) is 31.6 Å². The largest absolute Gasteiger partial charge is 0.461 e. The van der Waals surface area contributed by atoms with E-state index in [0.29, 0.717) is 40.7 Å². The summed E-state index contributed by atoms with van der Waals surface area (Å²) in [5.74, 6) is -0.588. The number of halogens is 2. The fourth-order valence-corrected chi connectivity index (χ4v) is 6.62. The molecule has 0 amide bonds. The summed E-state index contributed by atoms with van der Waals surface area (Å²) in [6.07, 6.45) is 11.3. The van der Waals surface area contributed by atoms with Gasteiger partial charge < -0.3 is 10.1 Å². The van der Waals surface area contributed by atoms with Crippen LogP contribution in [0.2, 0.25) is 0 Å². The first-order chi connectivity index (χ1) is 20.6. The first-order valence-electron chi connectivity index (χ1n) is 14.7. The third kappa shape index (κ3) is 4.91. The number of aryl methyl sites for hydroxylation is 1. The second-order valence-corrected chi connectivity index (χ2v) is 11.3. The fourth-order valence-electron chi connectivity index (χ4n) is 6.62. The van der Waals surface area contributed by atoms with Crippen LogP contribution in [0.25, 0.3) is 32.9 Å². The Kier molecular flexibility index (Phi) is 7.11. The van der Waals surface area contributed by atoms with Crippen molar-refractivity contribution in [3.05, 3.63) is 84.3 Å². The number of anilines is 1. The molecule has 0 spiro atoms. The van der Waals surface area contributed by atoms with Gasteiger partial charge in [-0.1, -0.05) is 36.4 Å². The van der Waals surface area contributed by atoms with Crippen LogP contribution in [0.15, 0.2) is 67.1 Å². The van der Waals surface area contributed by atoms with Crippen molar-refractivity contribution in [2.24, 2.45) is 0 Å². The van der Waals surface area contributed by atoms with Crippen LogP contribution in [0.1, 0.15) is 37.7 Å². The number of aromatic nitrogens is 4. The molecule has 7 nitrogen and oxygen atoms in total. The molecule has 5 heterocycles. The summed E-state index contributed by atoms with van der Waals surface area (Å²) >= 11 is 0. The molecule has 2 aliphatic rings. The van der Waals surface area contributed by atoms with Gasteiger partial charge in [-0.3, -0.25) is 14.9 Å². The van der Waals surface area contributed by atoms with Gasteiger partial charge in [-0.15, -0.1) is 0 Å². The van der Waals surface area contributed by atoms with Crippen molar-refractivity contribution in [1.29, 1.82) is 0 Å². The van der Waals surface area contributed by atoms with Gasteiger partial charge >= 0.3 is 6.01 Å². The number of benzene rings is 2. The Labute approximate surface area is 243 Å². The van der Waals surface area contributed by atoms with E-state index in [-0.39, 0.29) is 22.8 Å². The highest BCUT2D eigenvalue weighted by Gasteiger charge is 2.45. The highest BCUT2D eigenvalue weighted by Crippen LogP contribution is 2.39. The highest BCUT2D eigenvalue weighted by molar-refractivity contribution is 5.99. The van der Waals surface area contributed by atoms with Gasteiger partial charge in [0.1, 0.15) is 29.5 Å². The van der Waals surface area contributed by atoms with Crippen LogP contribution in [0.3, 0.4) is 0 Å². The molecule has 0 unspecified atom stereocenters. The molecule has 1 N–H and O–H groups in total. The average Bonchev–Trinajstić information content (AvgIpc) is 3.60. The number of nitrogens with zero attached hydrogens (tertiary/aromatic N) is 5. The molecular weight excluding hydrogens is 534 g/mol. The molecule has 2 aromatic carbocycles. The van der Waals surface area contributed by atoms with Crippen molar-refractivity contribution >= 4 is 27.5 Å². The van der Waals surface area contributed by atoms with E-state index < -0.39 is 11.6 Å². The topological polar surface area (TPSA) is 76.1 Å². The van der Waals surface area contributed by atoms with Gasteiger partial charge in [-0.25, -0.2) is 8.78 Å². The number of pyridine rings is 2. The zero-order valence-electron chi connectivity index (χ0n) is 23.3. The molecule has 42 heavy (non-hydrogen) atoms. The van der Waals surface area contributed by atoms with E-state index >= 15 is 4.39 Å². The van der Waals surface area contributed by atoms with Gasteiger partial charge in [0.05, 0.1) is 10.9 Å². The minimum Gasteiger partial charge on any atom is -0.461 e. The Balaban J connectivity index is 1.24. The maximum Gasteiger partial charge on any atom is 0.319 e. The quantitative estimate of drug-likeness (QED) is 0.202. The Morgan fingerprint density at radius 1 is 0.952 bits per heavy atom. The number of ether oxygens (including phenoxy) is 1. The minimum atomic E-state index is -0.629. The first-order valence-corrected chi connectivity index (χ1v) is 14.7. The second kappa shape index (κ2) is 11.2. The van der Waals surface area contributed by atoms with E-state index in [1.165, 1.54) is 6.07 Å². The molecule has 3 aromatic heterocycles. The van der Waals surface area contributed by atoms with Gasteiger partial charge in [0.15, 0.2) is 5.82 Å². The minimum absolute atomic E-state index is 0.00193. The molecule has 7 rings (SSSR count). The number of rotatable bonds is 9. The van der Waals surface area contributed by atoms with Crippen molar-refractivity contribution in [1.82, 2.24) is 24.8 Å². The van der Waals surface area contributed by atoms with Gasteiger partial charge in [0.2, 0.25) is 0 Å². The molecule has 0 aliphatic carbocycles. The van der Waals surface area contributed by atoms with Crippen LogP contribution >= 0.6 is 0 Å². The van der Waals surface area contributed by atoms with Crippen LogP contribution in [0, 0.1) is 11.6 Å². The van der Waals surface area contributed by atoms with Crippen LogP contribution in [0.5, 0.6) is 6.01 Å². The lowest BCUT2D eigenvalue weighted by Crippen LogP contribution is -2.43. The summed E-state index contributed by atoms with van der Waals surface area (Å²) in [4.78, 5) is 20.4. The van der Waals surface area contributed by atoms with E-state index in [1.54, 1.807) is 42.7 Å². The fraction of sp³-hybridized carbons (Fsp3) is 0.333. The average molecular weight is 567 g/mol. The molecule has 5 aromatic rings. The molecule has 0 atom stereocenters. The lowest BCUT2D eigenvalue weighted by atomic mass is 9.95. The van der Waals surface area contributed by atoms with Gasteiger partial charge in [0.25, 0.3) is 0 Å². The predicted octanol–water partition coefficient (Wildman–Crippen LogP) is 6.57. The molecule has 0 radical (unpaired) electrons. The summed E-state index contributed by atoms with van der Waals surface area (Å²) in [6.45, 7) is 3.23. The standard InChI is InChI=1S/C33H32F2N6O/c34-26-12-2-10-23-9-1-11-24(27(23)26)29-28(35)30-25(20-38-29)31(37-16-4-8-22-7-3-15-36-19-22)40-32(39-30)42-21-33-13-5-17-41(33)18-6-14-33/h1-3,7,9-12,15,19-20H,4-6,8,13-14,16-18,21H2,(H,37,39,40). The summed E-state index contributed by atoms with van der Waals surface area (Å²) in [5.41, 5.74) is 1.66. The van der Waals surface area contributed by atoms with Crippen molar-refractivity contribution in [3.63, 3.8) is 0 Å².